The molecule has 1 aliphatic heterocycles. The van der Waals surface area contributed by atoms with Gasteiger partial charge in [0, 0.05) is 37.3 Å². The summed E-state index contributed by atoms with van der Waals surface area (Å²) in [5.74, 6) is -0.0515. The van der Waals surface area contributed by atoms with Crippen LogP contribution >= 0.6 is 0 Å². The molecule has 8 nitrogen and oxygen atoms in total. The fourth-order valence-corrected chi connectivity index (χ4v) is 5.60. The van der Waals surface area contributed by atoms with Gasteiger partial charge in [-0.3, -0.25) is 9.69 Å². The lowest BCUT2D eigenvalue weighted by molar-refractivity contribution is -0.137. The van der Waals surface area contributed by atoms with Crippen LogP contribution in [0.1, 0.15) is 67.4 Å². The van der Waals surface area contributed by atoms with Crippen LogP contribution < -0.4 is 15.4 Å². The Morgan fingerprint density at radius 3 is 2.48 bits per heavy atom. The Kier molecular flexibility index (Phi) is 10.4. The van der Waals surface area contributed by atoms with Crippen LogP contribution in [0.3, 0.4) is 0 Å². The maximum Gasteiger partial charge on any atom is 0.416 e. The van der Waals surface area contributed by atoms with Crippen LogP contribution in [-0.4, -0.2) is 71.8 Å². The number of carbonyl (C=O) groups excluding carboxylic acids is 2. The third-order valence-electron chi connectivity index (χ3n) is 8.09. The fourth-order valence-electron chi connectivity index (χ4n) is 5.60. The van der Waals surface area contributed by atoms with E-state index in [1.54, 1.807) is 30.0 Å². The van der Waals surface area contributed by atoms with E-state index in [4.69, 9.17) is 4.74 Å². The number of hydrogen-bond acceptors (Lipinski definition) is 5. The van der Waals surface area contributed by atoms with E-state index in [9.17, 15) is 27.9 Å². The van der Waals surface area contributed by atoms with E-state index in [0.717, 1.165) is 43.4 Å². The molecule has 0 bridgehead atoms. The summed E-state index contributed by atoms with van der Waals surface area (Å²) in [6.07, 6.45) is 0.513. The monoisotopic (exact) mass is 590 g/mol. The number of amides is 3. The Balaban J connectivity index is 1.51. The molecule has 3 atom stereocenters. The van der Waals surface area contributed by atoms with Crippen LogP contribution in [0.5, 0.6) is 5.75 Å². The lowest BCUT2D eigenvalue weighted by atomic mass is 9.96. The smallest absolute Gasteiger partial charge is 0.416 e. The minimum Gasteiger partial charge on any atom is -0.488 e. The fraction of sp³-hybridized carbons (Fsp3) is 0.548. The van der Waals surface area contributed by atoms with Gasteiger partial charge in [-0.15, -0.1) is 0 Å². The van der Waals surface area contributed by atoms with Crippen LogP contribution in [0.2, 0.25) is 0 Å². The molecule has 42 heavy (non-hydrogen) atoms. The van der Waals surface area contributed by atoms with Gasteiger partial charge in [0.25, 0.3) is 5.91 Å². The highest BCUT2D eigenvalue weighted by Gasteiger charge is 2.34. The maximum absolute atomic E-state index is 13.7. The van der Waals surface area contributed by atoms with Gasteiger partial charge in [-0.2, -0.15) is 13.2 Å². The number of aliphatic hydroxyl groups is 1. The second-order valence-electron chi connectivity index (χ2n) is 11.7. The molecule has 1 fully saturated rings. The number of anilines is 1. The number of rotatable bonds is 8. The molecule has 2 aromatic rings. The van der Waals surface area contributed by atoms with Crippen LogP contribution in [0.15, 0.2) is 42.5 Å². The van der Waals surface area contributed by atoms with E-state index in [0.29, 0.717) is 31.1 Å². The van der Waals surface area contributed by atoms with E-state index in [-0.39, 0.29) is 42.2 Å². The molecule has 11 heteroatoms. The zero-order chi connectivity index (χ0) is 30.4. The predicted molar refractivity (Wildman–Crippen MR) is 154 cm³/mol. The number of carbonyl (C=O) groups is 2. The second kappa shape index (κ2) is 13.8. The van der Waals surface area contributed by atoms with Crippen LogP contribution in [0, 0.1) is 5.92 Å². The SMILES string of the molecule is C[C@@H]1CN([C@H](C)CO)C(=O)c2cc(NC(=O)NC3CCCCC3)ccc2O[C@H]1CN(C)Cc1ccc(C(F)(F)F)cc1. The van der Waals surface area contributed by atoms with E-state index >= 15 is 0 Å². The third kappa shape index (κ3) is 8.16. The van der Waals surface area contributed by atoms with Gasteiger partial charge in [-0.05, 0) is 62.7 Å². The first kappa shape index (κ1) is 31.6. The lowest BCUT2D eigenvalue weighted by Crippen LogP contribution is -2.49. The standard InChI is InChI=1S/C31H41F3N4O4/c1-20-16-38(21(2)19-39)29(40)26-15-25(36-30(41)35-24-7-5-4-6-8-24)13-14-27(26)42-28(20)18-37(3)17-22-9-11-23(12-10-22)31(32,33)34/h9-15,20-21,24,28,39H,4-8,16-19H2,1-3H3,(H2,35,36,41)/t20-,21-,28+/m1/s1. The van der Waals surface area contributed by atoms with Crippen LogP contribution in [-0.2, 0) is 12.7 Å². The zero-order valence-electron chi connectivity index (χ0n) is 24.4. The Bertz CT molecular complexity index is 1220. The summed E-state index contributed by atoms with van der Waals surface area (Å²) in [6, 6.07) is 9.45. The summed E-state index contributed by atoms with van der Waals surface area (Å²) in [4.78, 5) is 29.9. The van der Waals surface area contributed by atoms with Crippen molar-refractivity contribution in [2.45, 2.75) is 76.9 Å². The topological polar surface area (TPSA) is 94.1 Å². The Labute approximate surface area is 245 Å². The van der Waals surface area contributed by atoms with Crippen molar-refractivity contribution in [3.8, 4) is 5.75 Å². The van der Waals surface area contributed by atoms with Gasteiger partial charge in [-0.1, -0.05) is 38.3 Å². The molecule has 0 unspecified atom stereocenters. The minimum absolute atomic E-state index is 0.120. The molecule has 0 aromatic heterocycles. The number of halogens is 3. The molecule has 1 aliphatic carbocycles. The van der Waals surface area contributed by atoms with Crippen molar-refractivity contribution in [2.24, 2.45) is 5.92 Å². The summed E-state index contributed by atoms with van der Waals surface area (Å²) in [5.41, 5.74) is 0.788. The highest BCUT2D eigenvalue weighted by atomic mass is 19.4. The Morgan fingerprint density at radius 1 is 1.14 bits per heavy atom. The molecule has 0 radical (unpaired) electrons. The van der Waals surface area contributed by atoms with Crippen molar-refractivity contribution in [3.63, 3.8) is 0 Å². The van der Waals surface area contributed by atoms with Crippen molar-refractivity contribution in [1.82, 2.24) is 15.1 Å². The van der Waals surface area contributed by atoms with Gasteiger partial charge in [0.1, 0.15) is 11.9 Å². The summed E-state index contributed by atoms with van der Waals surface area (Å²) < 4.78 is 45.3. The average Bonchev–Trinajstić information content (AvgIpc) is 2.95. The summed E-state index contributed by atoms with van der Waals surface area (Å²) in [5, 5.41) is 15.8. The Morgan fingerprint density at radius 2 is 1.83 bits per heavy atom. The first-order valence-corrected chi connectivity index (χ1v) is 14.6. The molecule has 1 heterocycles. The van der Waals surface area contributed by atoms with Crippen molar-refractivity contribution in [1.29, 1.82) is 0 Å². The van der Waals surface area contributed by atoms with Gasteiger partial charge < -0.3 is 25.4 Å². The number of benzene rings is 2. The molecule has 1 saturated carbocycles. The van der Waals surface area contributed by atoms with Crippen LogP contribution in [0.4, 0.5) is 23.7 Å². The highest BCUT2D eigenvalue weighted by Crippen LogP contribution is 2.32. The molecule has 0 saturated heterocycles. The second-order valence-corrected chi connectivity index (χ2v) is 11.7. The maximum atomic E-state index is 13.7. The molecule has 230 valence electrons. The Hall–Kier alpha value is -3.31. The summed E-state index contributed by atoms with van der Waals surface area (Å²) in [7, 11) is 1.87. The quantitative estimate of drug-likeness (QED) is 0.377. The number of urea groups is 1. The molecule has 4 rings (SSSR count). The van der Waals surface area contributed by atoms with Crippen molar-refractivity contribution in [3.05, 3.63) is 59.2 Å². The number of ether oxygens (including phenoxy) is 1. The lowest BCUT2D eigenvalue weighted by Gasteiger charge is -2.38. The van der Waals surface area contributed by atoms with Crippen LogP contribution in [0.25, 0.3) is 0 Å². The summed E-state index contributed by atoms with van der Waals surface area (Å²) >= 11 is 0. The third-order valence-corrected chi connectivity index (χ3v) is 8.09. The predicted octanol–water partition coefficient (Wildman–Crippen LogP) is 5.51. The molecule has 3 N–H and O–H groups in total. The molecule has 2 aliphatic rings. The van der Waals surface area contributed by atoms with E-state index in [1.165, 1.54) is 18.6 Å². The highest BCUT2D eigenvalue weighted by molar-refractivity contribution is 5.99. The first-order chi connectivity index (χ1) is 19.9. The number of fused-ring (bicyclic) bond motifs is 1. The normalized spacial score (nSPS) is 20.8. The molecule has 0 spiro atoms. The number of nitrogens with one attached hydrogen (secondary N) is 2. The number of aliphatic hydroxyl groups excluding tert-OH is 1. The van der Waals surface area contributed by atoms with E-state index < -0.39 is 17.8 Å². The average molecular weight is 591 g/mol. The minimum atomic E-state index is -4.39. The van der Waals surface area contributed by atoms with Gasteiger partial charge in [0.05, 0.1) is 23.8 Å². The molecular weight excluding hydrogens is 549 g/mol. The van der Waals surface area contributed by atoms with E-state index in [2.05, 4.69) is 10.6 Å². The zero-order valence-corrected chi connectivity index (χ0v) is 24.4. The molecular formula is C31H41F3N4O4. The van der Waals surface area contributed by atoms with Gasteiger partial charge in [-0.25, -0.2) is 4.79 Å². The molecule has 3 amide bonds. The number of likely N-dealkylation sites (N-methyl/N-ethyl adjacent to an activating group) is 1. The van der Waals surface area contributed by atoms with E-state index in [1.807, 2.05) is 18.9 Å². The van der Waals surface area contributed by atoms with Gasteiger partial charge in [0.2, 0.25) is 0 Å². The van der Waals surface area contributed by atoms with Gasteiger partial charge >= 0.3 is 12.2 Å². The number of hydrogen-bond donors (Lipinski definition) is 3. The number of nitrogens with zero attached hydrogens (tertiary/aromatic N) is 2. The summed E-state index contributed by atoms with van der Waals surface area (Å²) in [6.45, 7) is 4.72. The largest absolute Gasteiger partial charge is 0.488 e. The van der Waals surface area contributed by atoms with Gasteiger partial charge in [0.15, 0.2) is 0 Å². The van der Waals surface area contributed by atoms with Crippen molar-refractivity contribution >= 4 is 17.6 Å². The number of alkyl halides is 3. The first-order valence-electron chi connectivity index (χ1n) is 14.6. The molecule has 2 aromatic carbocycles. The van der Waals surface area contributed by atoms with Crippen molar-refractivity contribution < 1.29 is 32.6 Å². The van der Waals surface area contributed by atoms with Crippen molar-refractivity contribution in [2.75, 3.05) is 32.1 Å².